The summed E-state index contributed by atoms with van der Waals surface area (Å²) >= 11 is 0. The molecule has 0 radical (unpaired) electrons. The van der Waals surface area contributed by atoms with Gasteiger partial charge in [-0.15, -0.1) is 0 Å². The highest BCUT2D eigenvalue weighted by atomic mass is 16.5. The van der Waals surface area contributed by atoms with Crippen molar-refractivity contribution in [2.75, 3.05) is 46.9 Å². The van der Waals surface area contributed by atoms with Crippen molar-refractivity contribution >= 4 is 34.5 Å². The lowest BCUT2D eigenvalue weighted by Crippen LogP contribution is -2.47. The molecule has 2 aromatic carbocycles. The van der Waals surface area contributed by atoms with Crippen LogP contribution in [0.25, 0.3) is 10.9 Å². The molecule has 2 aliphatic heterocycles. The van der Waals surface area contributed by atoms with E-state index < -0.39 is 11.9 Å². The molecule has 0 spiro atoms. The fourth-order valence-electron chi connectivity index (χ4n) is 5.37. The quantitative estimate of drug-likeness (QED) is 0.383. The third-order valence-electron chi connectivity index (χ3n) is 7.84. The number of para-hydroxylation sites is 1. The molecule has 1 atom stereocenters. The van der Waals surface area contributed by atoms with Gasteiger partial charge in [-0.25, -0.2) is 0 Å². The number of aromatic amines is 1. The van der Waals surface area contributed by atoms with Gasteiger partial charge in [-0.2, -0.15) is 0 Å². The van der Waals surface area contributed by atoms with E-state index in [4.69, 9.17) is 9.47 Å². The van der Waals surface area contributed by atoms with Gasteiger partial charge in [0.2, 0.25) is 11.8 Å². The summed E-state index contributed by atoms with van der Waals surface area (Å²) < 4.78 is 11.0. The van der Waals surface area contributed by atoms with Gasteiger partial charge >= 0.3 is 0 Å². The van der Waals surface area contributed by atoms with Gasteiger partial charge < -0.3 is 34.9 Å². The summed E-state index contributed by atoms with van der Waals surface area (Å²) in [7, 11) is 3.16. The van der Waals surface area contributed by atoms with Crippen molar-refractivity contribution in [1.29, 1.82) is 0 Å². The van der Waals surface area contributed by atoms with Crippen molar-refractivity contribution < 1.29 is 28.7 Å². The van der Waals surface area contributed by atoms with E-state index >= 15 is 0 Å². The first-order chi connectivity index (χ1) is 21.3. The fraction of sp³-hybridized carbons (Fsp3) is 0.455. The van der Waals surface area contributed by atoms with Crippen LogP contribution in [0, 0.1) is 0 Å². The van der Waals surface area contributed by atoms with E-state index in [9.17, 15) is 19.2 Å². The highest BCUT2D eigenvalue weighted by Gasteiger charge is 2.21. The minimum atomic E-state index is -0.728. The second-order valence-corrected chi connectivity index (χ2v) is 11.1. The van der Waals surface area contributed by atoms with Gasteiger partial charge in [-0.05, 0) is 68.9 Å². The second kappa shape index (κ2) is 15.8. The predicted octanol–water partition coefficient (Wildman–Crippen LogP) is 3.28. The second-order valence-electron chi connectivity index (χ2n) is 11.1. The molecule has 11 heteroatoms. The molecule has 1 aromatic heterocycles. The van der Waals surface area contributed by atoms with Crippen LogP contribution in [0.1, 0.15) is 54.9 Å². The molecule has 3 aromatic rings. The zero-order valence-corrected chi connectivity index (χ0v) is 25.8. The minimum Gasteiger partial charge on any atom is -0.493 e. The van der Waals surface area contributed by atoms with Crippen LogP contribution >= 0.6 is 0 Å². The number of rotatable bonds is 5. The molecule has 0 aliphatic carbocycles. The highest BCUT2D eigenvalue weighted by molar-refractivity contribution is 5.95. The van der Waals surface area contributed by atoms with Crippen LogP contribution in [-0.2, 0) is 20.8 Å². The Labute approximate surface area is 258 Å². The molecule has 11 nitrogen and oxygen atoms in total. The van der Waals surface area contributed by atoms with Crippen molar-refractivity contribution in [3.8, 4) is 11.5 Å². The smallest absolute Gasteiger partial charge is 0.258 e. The number of ether oxygens (including phenoxy) is 2. The molecule has 0 saturated heterocycles. The summed E-state index contributed by atoms with van der Waals surface area (Å²) in [5, 5.41) is 6.77. The molecule has 3 heterocycles. The van der Waals surface area contributed by atoms with Gasteiger partial charge in [0.25, 0.3) is 11.8 Å². The van der Waals surface area contributed by atoms with Crippen LogP contribution in [0.5, 0.6) is 11.5 Å². The SMILES string of the molecule is COc1cc2ccc1OCC(=O)N[C@@H](C)C(=O)N(C)CCCCN(C(=O)CCCc1c[nH]c3ccccc13)CCCNC2=O. The number of benzene rings is 2. The van der Waals surface area contributed by atoms with E-state index in [0.29, 0.717) is 62.5 Å². The number of likely N-dealkylation sites (N-methyl/N-ethyl adjacent to an activating group) is 1. The van der Waals surface area contributed by atoms with Crippen LogP contribution in [0.15, 0.2) is 48.7 Å². The molecular weight excluding hydrogens is 562 g/mol. The lowest BCUT2D eigenvalue weighted by Gasteiger charge is -2.25. The lowest BCUT2D eigenvalue weighted by molar-refractivity contribution is -0.135. The van der Waals surface area contributed by atoms with E-state index in [1.165, 1.54) is 18.1 Å². The Balaban J connectivity index is 1.40. The number of nitrogens with zero attached hydrogens (tertiary/aromatic N) is 2. The highest BCUT2D eigenvalue weighted by Crippen LogP contribution is 2.28. The van der Waals surface area contributed by atoms with Crippen molar-refractivity contribution in [2.24, 2.45) is 0 Å². The summed E-state index contributed by atoms with van der Waals surface area (Å²) in [5.41, 5.74) is 2.68. The maximum absolute atomic E-state index is 13.3. The number of hydrogen-bond donors (Lipinski definition) is 3. The molecule has 0 saturated carbocycles. The van der Waals surface area contributed by atoms with Crippen LogP contribution in [0.3, 0.4) is 0 Å². The first kappa shape index (κ1) is 32.4. The number of fused-ring (bicyclic) bond motifs is 19. The molecule has 0 unspecified atom stereocenters. The van der Waals surface area contributed by atoms with Crippen molar-refractivity contribution in [2.45, 2.75) is 51.5 Å². The molecule has 2 bridgehead atoms. The number of nitrogens with one attached hydrogen (secondary N) is 3. The van der Waals surface area contributed by atoms with Gasteiger partial charge in [0.15, 0.2) is 18.1 Å². The predicted molar refractivity (Wildman–Crippen MR) is 168 cm³/mol. The molecule has 5 rings (SSSR count). The van der Waals surface area contributed by atoms with Gasteiger partial charge in [0, 0.05) is 62.3 Å². The van der Waals surface area contributed by atoms with E-state index in [1.807, 2.05) is 29.3 Å². The van der Waals surface area contributed by atoms with Gasteiger partial charge in [0.05, 0.1) is 7.11 Å². The molecule has 44 heavy (non-hydrogen) atoms. The molecule has 3 N–H and O–H groups in total. The van der Waals surface area contributed by atoms with Crippen LogP contribution in [0.2, 0.25) is 0 Å². The first-order valence-corrected chi connectivity index (χ1v) is 15.2. The lowest BCUT2D eigenvalue weighted by atomic mass is 10.1. The van der Waals surface area contributed by atoms with E-state index in [-0.39, 0.29) is 24.3 Å². The Morgan fingerprint density at radius 3 is 2.64 bits per heavy atom. The van der Waals surface area contributed by atoms with Crippen molar-refractivity contribution in [3.63, 3.8) is 0 Å². The number of amides is 4. The third kappa shape index (κ3) is 8.75. The zero-order valence-electron chi connectivity index (χ0n) is 25.8. The van der Waals surface area contributed by atoms with Crippen LogP contribution in [0.4, 0.5) is 0 Å². The number of H-pyrrole nitrogens is 1. The van der Waals surface area contributed by atoms with Gasteiger partial charge in [-0.3, -0.25) is 19.2 Å². The maximum Gasteiger partial charge on any atom is 0.258 e. The van der Waals surface area contributed by atoms with Crippen molar-refractivity contribution in [3.05, 3.63) is 59.8 Å². The molecule has 0 fully saturated rings. The summed E-state index contributed by atoms with van der Waals surface area (Å²) in [6.45, 7) is 3.29. The van der Waals surface area contributed by atoms with E-state index in [1.54, 1.807) is 37.1 Å². The monoisotopic (exact) mass is 605 g/mol. The number of carbonyl (C=O) groups excluding carboxylic acids is 4. The standard InChI is InChI=1S/C33H43N5O6/c1-23-33(42)37(2)17-6-7-18-38(31(40)13-8-10-25-21-35-27-12-5-4-11-26(25)27)19-9-16-34-32(41)24-14-15-28(29(20-24)43-3)44-22-30(39)36-23/h4-5,11-12,14-15,20-21,23,35H,6-10,13,16-19,22H2,1-3H3,(H,34,41)(H,36,39)/t23-/m0/s1. The largest absolute Gasteiger partial charge is 0.493 e. The van der Waals surface area contributed by atoms with Crippen molar-refractivity contribution in [1.82, 2.24) is 25.4 Å². The van der Waals surface area contributed by atoms with Gasteiger partial charge in [-0.1, -0.05) is 18.2 Å². The zero-order chi connectivity index (χ0) is 31.5. The molecule has 4 amide bonds. The fourth-order valence-corrected chi connectivity index (χ4v) is 5.37. The molecular formula is C33H43N5O6. The number of carbonyl (C=O) groups is 4. The summed E-state index contributed by atoms with van der Waals surface area (Å²) in [6.07, 6.45) is 6.00. The van der Waals surface area contributed by atoms with E-state index in [0.717, 1.165) is 24.8 Å². The summed E-state index contributed by atoms with van der Waals surface area (Å²) in [6, 6.07) is 12.1. The number of aryl methyl sites for hydroxylation is 1. The number of aromatic nitrogens is 1. The average Bonchev–Trinajstić information content (AvgIpc) is 3.44. The first-order valence-electron chi connectivity index (χ1n) is 15.2. The van der Waals surface area contributed by atoms with Crippen LogP contribution < -0.4 is 20.1 Å². The maximum atomic E-state index is 13.3. The Morgan fingerprint density at radius 1 is 1.05 bits per heavy atom. The van der Waals surface area contributed by atoms with Gasteiger partial charge in [0.1, 0.15) is 6.04 Å². The molecule has 236 valence electrons. The summed E-state index contributed by atoms with van der Waals surface area (Å²) in [5.74, 6) is -0.236. The van der Waals surface area contributed by atoms with E-state index in [2.05, 4.69) is 21.7 Å². The normalized spacial score (nSPS) is 17.9. The summed E-state index contributed by atoms with van der Waals surface area (Å²) in [4.78, 5) is 58.2. The Bertz CT molecular complexity index is 1450. The third-order valence-corrected chi connectivity index (χ3v) is 7.84. The van der Waals surface area contributed by atoms with Crippen LogP contribution in [-0.4, -0.2) is 91.4 Å². The number of hydrogen-bond acceptors (Lipinski definition) is 6. The number of methoxy groups -OCH3 is 1. The topological polar surface area (TPSA) is 133 Å². The Hall–Kier alpha value is -4.54. The Kier molecular flexibility index (Phi) is 11.6. The Morgan fingerprint density at radius 2 is 1.82 bits per heavy atom. The molecule has 2 aliphatic rings. The average molecular weight is 606 g/mol. The minimum absolute atomic E-state index is 0.0793.